The summed E-state index contributed by atoms with van der Waals surface area (Å²) in [5.74, 6) is 2.06. The number of nitrogens with zero attached hydrogens (tertiary/aromatic N) is 4. The first kappa shape index (κ1) is 12.9. The van der Waals surface area contributed by atoms with Crippen LogP contribution in [0.4, 0.5) is 5.82 Å². The van der Waals surface area contributed by atoms with E-state index in [-0.39, 0.29) is 0 Å². The Morgan fingerprint density at radius 1 is 1.22 bits per heavy atom. The van der Waals surface area contributed by atoms with E-state index in [2.05, 4.69) is 35.9 Å². The van der Waals surface area contributed by atoms with Crippen molar-refractivity contribution in [3.05, 3.63) is 18.0 Å². The Balaban J connectivity index is 2.35. The van der Waals surface area contributed by atoms with Crippen LogP contribution in [0.2, 0.25) is 0 Å². The molecule has 0 saturated carbocycles. The zero-order valence-corrected chi connectivity index (χ0v) is 11.8. The maximum absolute atomic E-state index is 4.75. The maximum atomic E-state index is 4.75. The molecule has 0 N–H and O–H groups in total. The molecule has 2 heterocycles. The van der Waals surface area contributed by atoms with Crippen molar-refractivity contribution in [3.8, 4) is 0 Å². The van der Waals surface area contributed by atoms with Crippen LogP contribution < -0.4 is 4.90 Å². The van der Waals surface area contributed by atoms with E-state index in [0.29, 0.717) is 0 Å². The van der Waals surface area contributed by atoms with E-state index in [9.17, 15) is 0 Å². The minimum atomic E-state index is 0.972. The molecule has 0 saturated heterocycles. The number of unbranched alkanes of at least 4 members (excludes halogenated alkanes) is 1. The highest BCUT2D eigenvalue weighted by Crippen LogP contribution is 2.18. The van der Waals surface area contributed by atoms with Gasteiger partial charge in [-0.2, -0.15) is 0 Å². The van der Waals surface area contributed by atoms with E-state index in [4.69, 9.17) is 4.98 Å². The van der Waals surface area contributed by atoms with Crippen molar-refractivity contribution in [2.24, 2.45) is 7.05 Å². The van der Waals surface area contributed by atoms with Crippen LogP contribution in [0.1, 0.15) is 32.5 Å². The lowest BCUT2D eigenvalue weighted by Crippen LogP contribution is -2.24. The van der Waals surface area contributed by atoms with Crippen molar-refractivity contribution in [1.82, 2.24) is 14.5 Å². The summed E-state index contributed by atoms with van der Waals surface area (Å²) in [5, 5.41) is 0. The first-order valence-electron chi connectivity index (χ1n) is 6.72. The fourth-order valence-corrected chi connectivity index (χ4v) is 2.13. The molecule has 4 nitrogen and oxygen atoms in total. The van der Waals surface area contributed by atoms with Crippen molar-refractivity contribution in [2.75, 3.05) is 18.0 Å². The predicted molar refractivity (Wildman–Crippen MR) is 76.0 cm³/mol. The Labute approximate surface area is 109 Å². The molecule has 98 valence electrons. The van der Waals surface area contributed by atoms with Crippen LogP contribution in [0, 0.1) is 6.92 Å². The Morgan fingerprint density at radius 2 is 2.00 bits per heavy atom. The number of hydrogen-bond donors (Lipinski definition) is 0. The van der Waals surface area contributed by atoms with Crippen LogP contribution in [0.15, 0.2) is 12.1 Å². The molecule has 18 heavy (non-hydrogen) atoms. The molecule has 4 heteroatoms. The number of rotatable bonds is 5. The number of fused-ring (bicyclic) bond motifs is 1. The van der Waals surface area contributed by atoms with Crippen LogP contribution in [-0.4, -0.2) is 27.6 Å². The second-order valence-corrected chi connectivity index (χ2v) is 4.66. The van der Waals surface area contributed by atoms with Crippen LogP contribution in [-0.2, 0) is 7.05 Å². The Morgan fingerprint density at radius 3 is 2.67 bits per heavy atom. The average Bonchev–Trinajstić information content (AvgIpc) is 2.66. The lowest BCUT2D eigenvalue weighted by atomic mass is 10.3. The SMILES string of the molecule is CCCCN(CC)c1ccc2nc(C)n(C)c2n1. The molecule has 0 amide bonds. The molecule has 0 aliphatic rings. The van der Waals surface area contributed by atoms with Gasteiger partial charge in [0, 0.05) is 20.1 Å². The summed E-state index contributed by atoms with van der Waals surface area (Å²) < 4.78 is 2.05. The van der Waals surface area contributed by atoms with E-state index in [1.165, 1.54) is 12.8 Å². The van der Waals surface area contributed by atoms with Gasteiger partial charge in [-0.3, -0.25) is 0 Å². The first-order chi connectivity index (χ1) is 8.67. The van der Waals surface area contributed by atoms with Gasteiger partial charge in [0.2, 0.25) is 0 Å². The molecule has 2 rings (SSSR count). The van der Waals surface area contributed by atoms with E-state index < -0.39 is 0 Å². The molecule has 0 spiro atoms. The summed E-state index contributed by atoms with van der Waals surface area (Å²) in [4.78, 5) is 11.6. The van der Waals surface area contributed by atoms with E-state index in [0.717, 1.165) is 35.9 Å². The molecule has 0 bridgehead atoms. The summed E-state index contributed by atoms with van der Waals surface area (Å²) in [7, 11) is 2.02. The summed E-state index contributed by atoms with van der Waals surface area (Å²) in [6.45, 7) is 8.47. The summed E-state index contributed by atoms with van der Waals surface area (Å²) in [6.07, 6.45) is 2.42. The number of imidazole rings is 1. The lowest BCUT2D eigenvalue weighted by Gasteiger charge is -2.21. The van der Waals surface area contributed by atoms with Gasteiger partial charge in [-0.1, -0.05) is 13.3 Å². The average molecular weight is 246 g/mol. The standard InChI is InChI=1S/C14H22N4/c1-5-7-10-18(6-2)13-9-8-12-14(16-13)17(4)11(3)15-12/h8-9H,5-7,10H2,1-4H3. The van der Waals surface area contributed by atoms with Crippen LogP contribution in [0.3, 0.4) is 0 Å². The Bertz CT molecular complexity index is 530. The molecule has 0 atom stereocenters. The largest absolute Gasteiger partial charge is 0.357 e. The number of pyridine rings is 1. The molecular formula is C14H22N4. The van der Waals surface area contributed by atoms with Gasteiger partial charge in [0.05, 0.1) is 0 Å². The smallest absolute Gasteiger partial charge is 0.162 e. The van der Waals surface area contributed by atoms with Crippen molar-refractivity contribution in [3.63, 3.8) is 0 Å². The van der Waals surface area contributed by atoms with Crippen molar-refractivity contribution in [1.29, 1.82) is 0 Å². The minimum Gasteiger partial charge on any atom is -0.357 e. The van der Waals surface area contributed by atoms with Gasteiger partial charge in [-0.25, -0.2) is 9.97 Å². The summed E-state index contributed by atoms with van der Waals surface area (Å²) in [6, 6.07) is 4.15. The van der Waals surface area contributed by atoms with Crippen LogP contribution in [0.5, 0.6) is 0 Å². The second-order valence-electron chi connectivity index (χ2n) is 4.66. The van der Waals surface area contributed by atoms with E-state index in [1.807, 2.05) is 18.5 Å². The van der Waals surface area contributed by atoms with Gasteiger partial charge in [0.25, 0.3) is 0 Å². The predicted octanol–water partition coefficient (Wildman–Crippen LogP) is 2.90. The second kappa shape index (κ2) is 5.38. The molecule has 0 unspecified atom stereocenters. The van der Waals surface area contributed by atoms with Gasteiger partial charge in [0.1, 0.15) is 17.2 Å². The Kier molecular flexibility index (Phi) is 3.84. The van der Waals surface area contributed by atoms with Gasteiger partial charge < -0.3 is 9.47 Å². The maximum Gasteiger partial charge on any atom is 0.162 e. The molecule has 0 radical (unpaired) electrons. The summed E-state index contributed by atoms with van der Waals surface area (Å²) >= 11 is 0. The molecule has 0 aliphatic carbocycles. The quantitative estimate of drug-likeness (QED) is 0.813. The van der Waals surface area contributed by atoms with Crippen molar-refractivity contribution >= 4 is 17.0 Å². The van der Waals surface area contributed by atoms with Gasteiger partial charge in [0.15, 0.2) is 5.65 Å². The zero-order chi connectivity index (χ0) is 13.1. The number of hydrogen-bond acceptors (Lipinski definition) is 3. The molecule has 2 aromatic heterocycles. The fourth-order valence-electron chi connectivity index (χ4n) is 2.13. The lowest BCUT2D eigenvalue weighted by molar-refractivity contribution is 0.724. The van der Waals surface area contributed by atoms with Gasteiger partial charge >= 0.3 is 0 Å². The highest BCUT2D eigenvalue weighted by molar-refractivity contribution is 5.74. The van der Waals surface area contributed by atoms with Gasteiger partial charge in [-0.15, -0.1) is 0 Å². The third-order valence-corrected chi connectivity index (χ3v) is 3.41. The number of aromatic nitrogens is 3. The zero-order valence-electron chi connectivity index (χ0n) is 11.8. The molecule has 2 aromatic rings. The number of aryl methyl sites for hydroxylation is 2. The monoisotopic (exact) mass is 246 g/mol. The Hall–Kier alpha value is -1.58. The summed E-state index contributed by atoms with van der Waals surface area (Å²) in [5.41, 5.74) is 1.95. The van der Waals surface area contributed by atoms with Crippen LogP contribution in [0.25, 0.3) is 11.2 Å². The van der Waals surface area contributed by atoms with E-state index in [1.54, 1.807) is 0 Å². The number of anilines is 1. The highest BCUT2D eigenvalue weighted by Gasteiger charge is 2.10. The molecule has 0 aromatic carbocycles. The van der Waals surface area contributed by atoms with Crippen molar-refractivity contribution < 1.29 is 0 Å². The minimum absolute atomic E-state index is 0.972. The van der Waals surface area contributed by atoms with E-state index >= 15 is 0 Å². The molecule has 0 aliphatic heterocycles. The molecular weight excluding hydrogens is 224 g/mol. The third-order valence-electron chi connectivity index (χ3n) is 3.41. The highest BCUT2D eigenvalue weighted by atomic mass is 15.2. The van der Waals surface area contributed by atoms with Crippen molar-refractivity contribution in [2.45, 2.75) is 33.6 Å². The topological polar surface area (TPSA) is 34.0 Å². The van der Waals surface area contributed by atoms with Crippen LogP contribution >= 0.6 is 0 Å². The fraction of sp³-hybridized carbons (Fsp3) is 0.571. The molecule has 0 fully saturated rings. The normalized spacial score (nSPS) is 11.1. The van der Waals surface area contributed by atoms with Gasteiger partial charge in [-0.05, 0) is 32.4 Å². The third kappa shape index (κ3) is 2.33. The first-order valence-corrected chi connectivity index (χ1v) is 6.72.